The highest BCUT2D eigenvalue weighted by Gasteiger charge is 2.40. The lowest BCUT2D eigenvalue weighted by Crippen LogP contribution is -2.34. The summed E-state index contributed by atoms with van der Waals surface area (Å²) in [5.74, 6) is 0.252. The predicted octanol–water partition coefficient (Wildman–Crippen LogP) is 1.21. The quantitative estimate of drug-likeness (QED) is 0.755. The van der Waals surface area contributed by atoms with Crippen molar-refractivity contribution >= 4 is 0 Å². The topological polar surface area (TPSA) is 60.0 Å². The number of nitrogens with one attached hydrogen (secondary N) is 1. The number of rotatable bonds is 1. The van der Waals surface area contributed by atoms with Crippen molar-refractivity contribution in [3.8, 4) is 0 Å². The van der Waals surface area contributed by atoms with Crippen molar-refractivity contribution in [1.29, 1.82) is 0 Å². The summed E-state index contributed by atoms with van der Waals surface area (Å²) in [6.45, 7) is 1.49. The van der Waals surface area contributed by atoms with Crippen LogP contribution >= 0.6 is 0 Å². The molecule has 1 aromatic heterocycles. The Bertz CT molecular complexity index is 309. The van der Waals surface area contributed by atoms with Gasteiger partial charge in [-0.3, -0.25) is 0 Å². The molecule has 0 radical (unpaired) electrons. The normalized spacial score (nSPS) is 26.1. The molecule has 5 nitrogen and oxygen atoms in total. The van der Waals surface area contributed by atoms with E-state index in [0.717, 1.165) is 44.6 Å². The summed E-state index contributed by atoms with van der Waals surface area (Å²) < 4.78 is 11.4. The van der Waals surface area contributed by atoms with Crippen LogP contribution in [-0.4, -0.2) is 34.4 Å². The van der Waals surface area contributed by atoms with Gasteiger partial charge in [-0.25, -0.2) is 0 Å². The highest BCUT2D eigenvalue weighted by atomic mass is 16.7. The van der Waals surface area contributed by atoms with Gasteiger partial charge in [-0.05, 0) is 12.8 Å². The Morgan fingerprint density at radius 2 is 2.00 bits per heavy atom. The molecule has 2 fully saturated rings. The monoisotopic (exact) mass is 209 g/mol. The van der Waals surface area contributed by atoms with Crippen LogP contribution in [-0.2, 0) is 9.47 Å². The maximum atomic E-state index is 5.68. The van der Waals surface area contributed by atoms with Crippen LogP contribution in [0.3, 0.4) is 0 Å². The van der Waals surface area contributed by atoms with Crippen LogP contribution in [0.15, 0.2) is 6.20 Å². The van der Waals surface area contributed by atoms with E-state index in [1.165, 1.54) is 0 Å². The fourth-order valence-electron chi connectivity index (χ4n) is 2.55. The summed E-state index contributed by atoms with van der Waals surface area (Å²) in [7, 11) is 0. The van der Waals surface area contributed by atoms with Crippen LogP contribution in [0.1, 0.15) is 37.3 Å². The van der Waals surface area contributed by atoms with Gasteiger partial charge in [0.1, 0.15) is 0 Å². The van der Waals surface area contributed by atoms with Gasteiger partial charge >= 0.3 is 0 Å². The van der Waals surface area contributed by atoms with E-state index in [1.54, 1.807) is 0 Å². The molecule has 0 amide bonds. The molecule has 2 aliphatic rings. The third kappa shape index (κ3) is 1.66. The Kier molecular flexibility index (Phi) is 2.21. The second-order valence-corrected chi connectivity index (χ2v) is 4.28. The Morgan fingerprint density at radius 1 is 1.27 bits per heavy atom. The molecule has 1 N–H and O–H groups in total. The van der Waals surface area contributed by atoms with Gasteiger partial charge in [-0.1, -0.05) is 0 Å². The molecule has 1 saturated carbocycles. The lowest BCUT2D eigenvalue weighted by Gasteiger charge is -2.34. The third-order valence-electron chi connectivity index (χ3n) is 3.41. The molecule has 0 bridgehead atoms. The summed E-state index contributed by atoms with van der Waals surface area (Å²) in [5.41, 5.74) is 1.07. The first-order chi connectivity index (χ1) is 7.38. The molecular formula is C10H15N3O2. The van der Waals surface area contributed by atoms with E-state index in [4.69, 9.17) is 9.47 Å². The zero-order valence-electron chi connectivity index (χ0n) is 8.61. The number of hydrogen-bond donors (Lipinski definition) is 1. The molecule has 82 valence electrons. The van der Waals surface area contributed by atoms with Crippen molar-refractivity contribution in [2.45, 2.75) is 37.4 Å². The highest BCUT2D eigenvalue weighted by molar-refractivity contribution is 5.03. The van der Waals surface area contributed by atoms with Crippen LogP contribution in [0.5, 0.6) is 0 Å². The van der Waals surface area contributed by atoms with Crippen molar-refractivity contribution < 1.29 is 9.47 Å². The SMILES string of the molecule is c1n[nH]nc1C1CCC2(CC1)OCCO2. The van der Waals surface area contributed by atoms with Crippen molar-refractivity contribution in [3.05, 3.63) is 11.9 Å². The van der Waals surface area contributed by atoms with Crippen molar-refractivity contribution in [2.75, 3.05) is 13.2 Å². The smallest absolute Gasteiger partial charge is 0.168 e. The van der Waals surface area contributed by atoms with E-state index in [-0.39, 0.29) is 5.79 Å². The van der Waals surface area contributed by atoms with Crippen LogP contribution in [0.25, 0.3) is 0 Å². The highest BCUT2D eigenvalue weighted by Crippen LogP contribution is 2.41. The first-order valence-electron chi connectivity index (χ1n) is 5.52. The van der Waals surface area contributed by atoms with E-state index in [0.29, 0.717) is 5.92 Å². The van der Waals surface area contributed by atoms with Crippen molar-refractivity contribution in [3.63, 3.8) is 0 Å². The molecule has 0 unspecified atom stereocenters. The maximum absolute atomic E-state index is 5.68. The summed E-state index contributed by atoms with van der Waals surface area (Å²) in [5, 5.41) is 10.7. The molecule has 5 heteroatoms. The van der Waals surface area contributed by atoms with E-state index in [2.05, 4.69) is 15.4 Å². The third-order valence-corrected chi connectivity index (χ3v) is 3.41. The largest absolute Gasteiger partial charge is 0.348 e. The second kappa shape index (κ2) is 3.57. The fraction of sp³-hybridized carbons (Fsp3) is 0.800. The molecule has 1 spiro atoms. The Hall–Kier alpha value is -0.940. The first kappa shape index (κ1) is 9.30. The van der Waals surface area contributed by atoms with Gasteiger partial charge in [0.15, 0.2) is 5.79 Å². The molecule has 2 heterocycles. The second-order valence-electron chi connectivity index (χ2n) is 4.28. The fourth-order valence-corrected chi connectivity index (χ4v) is 2.55. The molecule has 3 rings (SSSR count). The molecule has 0 atom stereocenters. The Balaban J connectivity index is 1.65. The number of ether oxygens (including phenoxy) is 2. The number of nitrogens with zero attached hydrogens (tertiary/aromatic N) is 2. The predicted molar refractivity (Wildman–Crippen MR) is 52.2 cm³/mol. The van der Waals surface area contributed by atoms with E-state index >= 15 is 0 Å². The van der Waals surface area contributed by atoms with Gasteiger partial charge in [0.25, 0.3) is 0 Å². The molecule has 0 aromatic carbocycles. The van der Waals surface area contributed by atoms with Crippen molar-refractivity contribution in [2.24, 2.45) is 0 Å². The zero-order chi connectivity index (χ0) is 10.1. The summed E-state index contributed by atoms with van der Waals surface area (Å²) in [6, 6.07) is 0. The molecule has 1 aliphatic carbocycles. The standard InChI is InChI=1S/C10H15N3O2/c1-3-10(14-5-6-15-10)4-2-8(1)9-7-11-13-12-9/h7-8H,1-6H2,(H,11,12,13). The zero-order valence-corrected chi connectivity index (χ0v) is 8.61. The van der Waals surface area contributed by atoms with Gasteiger partial charge in [0.2, 0.25) is 0 Å². The van der Waals surface area contributed by atoms with Gasteiger partial charge in [-0.15, -0.1) is 0 Å². The lowest BCUT2D eigenvalue weighted by atomic mass is 9.83. The summed E-state index contributed by atoms with van der Waals surface area (Å²) in [4.78, 5) is 0. The Labute approximate surface area is 88.2 Å². The average Bonchev–Trinajstić information content (AvgIpc) is 2.91. The van der Waals surface area contributed by atoms with Crippen LogP contribution in [0.2, 0.25) is 0 Å². The van der Waals surface area contributed by atoms with Crippen LogP contribution in [0, 0.1) is 0 Å². The van der Waals surface area contributed by atoms with E-state index in [1.807, 2.05) is 6.20 Å². The van der Waals surface area contributed by atoms with Gasteiger partial charge < -0.3 is 9.47 Å². The maximum Gasteiger partial charge on any atom is 0.168 e. The summed E-state index contributed by atoms with van der Waals surface area (Å²) >= 11 is 0. The minimum atomic E-state index is -0.264. The van der Waals surface area contributed by atoms with Gasteiger partial charge in [0.05, 0.1) is 25.1 Å². The van der Waals surface area contributed by atoms with Gasteiger partial charge in [-0.2, -0.15) is 15.4 Å². The number of aromatic nitrogens is 3. The minimum absolute atomic E-state index is 0.264. The minimum Gasteiger partial charge on any atom is -0.348 e. The number of hydrogen-bond acceptors (Lipinski definition) is 4. The molecule has 1 aromatic rings. The average molecular weight is 209 g/mol. The van der Waals surface area contributed by atoms with Crippen LogP contribution in [0.4, 0.5) is 0 Å². The van der Waals surface area contributed by atoms with Crippen molar-refractivity contribution in [1.82, 2.24) is 15.4 Å². The first-order valence-corrected chi connectivity index (χ1v) is 5.52. The Morgan fingerprint density at radius 3 is 2.60 bits per heavy atom. The number of H-pyrrole nitrogens is 1. The van der Waals surface area contributed by atoms with E-state index < -0.39 is 0 Å². The lowest BCUT2D eigenvalue weighted by molar-refractivity contribution is -0.178. The van der Waals surface area contributed by atoms with E-state index in [9.17, 15) is 0 Å². The summed E-state index contributed by atoms with van der Waals surface area (Å²) in [6.07, 6.45) is 5.92. The molecule has 1 aliphatic heterocycles. The molecule has 15 heavy (non-hydrogen) atoms. The van der Waals surface area contributed by atoms with Gasteiger partial charge in [0, 0.05) is 18.8 Å². The van der Waals surface area contributed by atoms with Crippen LogP contribution < -0.4 is 0 Å². The molecular weight excluding hydrogens is 194 g/mol. The number of aromatic amines is 1. The molecule has 1 saturated heterocycles.